The second-order valence-electron chi connectivity index (χ2n) is 7.00. The first kappa shape index (κ1) is 20.0. The topological polar surface area (TPSA) is 51.0 Å². The van der Waals surface area contributed by atoms with Crippen LogP contribution in [0.25, 0.3) is 16.3 Å². The van der Waals surface area contributed by atoms with Gasteiger partial charge < -0.3 is 4.57 Å². The van der Waals surface area contributed by atoms with E-state index >= 15 is 0 Å². The van der Waals surface area contributed by atoms with Crippen LogP contribution in [0, 0.1) is 0 Å². The van der Waals surface area contributed by atoms with Crippen molar-refractivity contribution in [1.29, 1.82) is 0 Å². The van der Waals surface area contributed by atoms with E-state index < -0.39 is 0 Å². The van der Waals surface area contributed by atoms with Gasteiger partial charge >= 0.3 is 0 Å². The molecule has 0 fully saturated rings. The zero-order valence-corrected chi connectivity index (χ0v) is 17.8. The number of carbonyl (C=O) groups excluding carboxylic acids is 1. The molecule has 0 radical (unpaired) electrons. The lowest BCUT2D eigenvalue weighted by atomic mass is 10.1. The van der Waals surface area contributed by atoms with Gasteiger partial charge in [-0.2, -0.15) is 0 Å². The molecule has 30 heavy (non-hydrogen) atoms. The van der Waals surface area contributed by atoms with E-state index in [0.717, 1.165) is 40.3 Å². The largest absolute Gasteiger partial charge is 0.337 e. The Morgan fingerprint density at radius 3 is 2.80 bits per heavy atom. The van der Waals surface area contributed by atoms with E-state index in [0.29, 0.717) is 6.54 Å². The summed E-state index contributed by atoms with van der Waals surface area (Å²) in [6.07, 6.45) is 10.7. The smallest absolute Gasteiger partial charge is 0.252 e. The lowest BCUT2D eigenvalue weighted by Crippen LogP contribution is -2.30. The van der Waals surface area contributed by atoms with Crippen LogP contribution >= 0.6 is 11.3 Å². The molecule has 2 aromatic heterocycles. The Hall–Kier alpha value is -3.25. The number of rotatable bonds is 8. The molecule has 0 saturated heterocycles. The number of nitrogens with zero attached hydrogens (tertiary/aromatic N) is 4. The molecule has 5 nitrogen and oxygen atoms in total. The first-order chi connectivity index (χ1) is 14.7. The van der Waals surface area contributed by atoms with E-state index in [1.54, 1.807) is 34.8 Å². The third-order valence-electron chi connectivity index (χ3n) is 4.94. The van der Waals surface area contributed by atoms with Crippen LogP contribution in [-0.4, -0.2) is 27.0 Å². The molecule has 0 saturated carbocycles. The van der Waals surface area contributed by atoms with Gasteiger partial charge in [-0.1, -0.05) is 60.7 Å². The highest BCUT2D eigenvalue weighted by Gasteiger charge is 2.18. The fourth-order valence-corrected chi connectivity index (χ4v) is 4.39. The highest BCUT2D eigenvalue weighted by molar-refractivity contribution is 7.22. The van der Waals surface area contributed by atoms with Gasteiger partial charge in [-0.05, 0) is 36.1 Å². The number of aromatic nitrogens is 3. The first-order valence-corrected chi connectivity index (χ1v) is 10.9. The third kappa shape index (κ3) is 4.66. The number of aryl methyl sites for hydroxylation is 2. The van der Waals surface area contributed by atoms with Crippen LogP contribution in [0.3, 0.4) is 0 Å². The van der Waals surface area contributed by atoms with Gasteiger partial charge in [-0.3, -0.25) is 9.69 Å². The van der Waals surface area contributed by atoms with Crippen LogP contribution in [0.15, 0.2) is 73.3 Å². The average Bonchev–Trinajstić information content (AvgIpc) is 3.45. The number of imidazole rings is 1. The summed E-state index contributed by atoms with van der Waals surface area (Å²) in [6, 6.07) is 16.1. The molecule has 152 valence electrons. The van der Waals surface area contributed by atoms with Gasteiger partial charge in [0.25, 0.3) is 5.91 Å². The Morgan fingerprint density at radius 2 is 2.03 bits per heavy atom. The predicted molar refractivity (Wildman–Crippen MR) is 124 cm³/mol. The van der Waals surface area contributed by atoms with E-state index in [4.69, 9.17) is 4.98 Å². The van der Waals surface area contributed by atoms with Crippen LogP contribution in [0.5, 0.6) is 0 Å². The quantitative estimate of drug-likeness (QED) is 0.371. The van der Waals surface area contributed by atoms with Crippen molar-refractivity contribution in [2.24, 2.45) is 0 Å². The molecule has 0 aliphatic carbocycles. The summed E-state index contributed by atoms with van der Waals surface area (Å²) in [5.74, 6) is -0.0541. The minimum atomic E-state index is -0.0541. The Labute approximate surface area is 180 Å². The second kappa shape index (κ2) is 9.50. The Morgan fingerprint density at radius 1 is 1.17 bits per heavy atom. The van der Waals surface area contributed by atoms with Crippen molar-refractivity contribution in [2.75, 3.05) is 11.4 Å². The van der Waals surface area contributed by atoms with Crippen molar-refractivity contribution in [3.63, 3.8) is 0 Å². The zero-order chi connectivity index (χ0) is 20.8. The molecule has 0 atom stereocenters. The van der Waals surface area contributed by atoms with E-state index in [9.17, 15) is 4.79 Å². The highest BCUT2D eigenvalue weighted by atomic mass is 32.1. The average molecular weight is 417 g/mol. The summed E-state index contributed by atoms with van der Waals surface area (Å²) in [6.45, 7) is 3.53. The second-order valence-corrected chi connectivity index (χ2v) is 8.01. The van der Waals surface area contributed by atoms with E-state index in [-0.39, 0.29) is 5.91 Å². The third-order valence-corrected chi connectivity index (χ3v) is 5.99. The maximum absolute atomic E-state index is 13.1. The van der Waals surface area contributed by atoms with Crippen molar-refractivity contribution in [2.45, 2.75) is 26.3 Å². The number of anilines is 1. The standard InChI is InChI=1S/C24H24N4OS/c1-2-20-10-6-11-21-23(20)26-24(30-21)28(16-7-15-27-17-14-25-18-27)22(29)13-12-19-8-4-3-5-9-19/h3-6,8-14,17-18H,2,7,15-16H2,1H3/b13-12+. The molecule has 4 rings (SSSR count). The van der Waals surface area contributed by atoms with Crippen LogP contribution in [0.1, 0.15) is 24.5 Å². The van der Waals surface area contributed by atoms with Gasteiger partial charge in [-0.25, -0.2) is 9.97 Å². The molecular weight excluding hydrogens is 392 g/mol. The lowest BCUT2D eigenvalue weighted by Gasteiger charge is -2.18. The van der Waals surface area contributed by atoms with Gasteiger partial charge in [0.2, 0.25) is 0 Å². The number of hydrogen-bond acceptors (Lipinski definition) is 4. The Kier molecular flexibility index (Phi) is 6.35. The number of amides is 1. The van der Waals surface area contributed by atoms with Crippen LogP contribution in [0.4, 0.5) is 5.13 Å². The molecule has 0 unspecified atom stereocenters. The van der Waals surface area contributed by atoms with Gasteiger partial charge in [0.05, 0.1) is 16.5 Å². The molecule has 0 N–H and O–H groups in total. The molecule has 0 aliphatic rings. The molecule has 6 heteroatoms. The van der Waals surface area contributed by atoms with Crippen molar-refractivity contribution >= 4 is 38.7 Å². The van der Waals surface area contributed by atoms with Gasteiger partial charge in [0.1, 0.15) is 0 Å². The molecule has 2 aromatic carbocycles. The SMILES string of the molecule is CCc1cccc2sc(N(CCCn3ccnc3)C(=O)/C=C/c3ccccc3)nc12. The highest BCUT2D eigenvalue weighted by Crippen LogP contribution is 2.31. The normalized spacial score (nSPS) is 11.4. The molecule has 4 aromatic rings. The maximum Gasteiger partial charge on any atom is 0.252 e. The van der Waals surface area contributed by atoms with Gasteiger partial charge in [0, 0.05) is 31.6 Å². The van der Waals surface area contributed by atoms with Crippen molar-refractivity contribution in [3.05, 3.63) is 84.5 Å². The van der Waals surface area contributed by atoms with Gasteiger partial charge in [-0.15, -0.1) is 0 Å². The molecular formula is C24H24N4OS. The van der Waals surface area contributed by atoms with E-state index in [2.05, 4.69) is 30.1 Å². The minimum Gasteiger partial charge on any atom is -0.337 e. The van der Waals surface area contributed by atoms with Crippen LogP contribution < -0.4 is 4.90 Å². The van der Waals surface area contributed by atoms with Gasteiger partial charge in [0.15, 0.2) is 5.13 Å². The Bertz CT molecular complexity index is 1130. The summed E-state index contributed by atoms with van der Waals surface area (Å²) >= 11 is 1.57. The zero-order valence-electron chi connectivity index (χ0n) is 16.9. The Balaban J connectivity index is 1.59. The summed E-state index contributed by atoms with van der Waals surface area (Å²) in [5, 5.41) is 0.749. The molecule has 0 spiro atoms. The number of para-hydroxylation sites is 1. The summed E-state index contributed by atoms with van der Waals surface area (Å²) in [7, 11) is 0. The van der Waals surface area contributed by atoms with E-state index in [1.807, 2.05) is 47.2 Å². The number of hydrogen-bond donors (Lipinski definition) is 0. The van der Waals surface area contributed by atoms with E-state index in [1.165, 1.54) is 5.56 Å². The minimum absolute atomic E-state index is 0.0541. The molecule has 0 aliphatic heterocycles. The first-order valence-electron chi connectivity index (χ1n) is 10.1. The molecule has 2 heterocycles. The predicted octanol–water partition coefficient (Wildman–Crippen LogP) is 5.19. The number of carbonyl (C=O) groups is 1. The number of thiazole rings is 1. The van der Waals surface area contributed by atoms with Crippen LogP contribution in [-0.2, 0) is 17.8 Å². The fourth-order valence-electron chi connectivity index (χ4n) is 3.35. The molecule has 0 bridgehead atoms. The maximum atomic E-state index is 13.1. The van der Waals surface area contributed by atoms with Crippen molar-refractivity contribution in [3.8, 4) is 0 Å². The molecule has 1 amide bonds. The fraction of sp³-hybridized carbons (Fsp3) is 0.208. The monoisotopic (exact) mass is 416 g/mol. The number of benzene rings is 2. The van der Waals surface area contributed by atoms with Crippen molar-refractivity contribution < 1.29 is 4.79 Å². The van der Waals surface area contributed by atoms with Crippen molar-refractivity contribution in [1.82, 2.24) is 14.5 Å². The number of fused-ring (bicyclic) bond motifs is 1. The van der Waals surface area contributed by atoms with Crippen LogP contribution in [0.2, 0.25) is 0 Å². The lowest BCUT2D eigenvalue weighted by molar-refractivity contribution is -0.114. The summed E-state index contributed by atoms with van der Waals surface area (Å²) in [5.41, 5.74) is 3.21. The summed E-state index contributed by atoms with van der Waals surface area (Å²) < 4.78 is 3.14. The summed E-state index contributed by atoms with van der Waals surface area (Å²) in [4.78, 5) is 23.9.